The number of carbonyl (C=O) groups excluding carboxylic acids is 1. The van der Waals surface area contributed by atoms with Gasteiger partial charge in [-0.05, 0) is 13.0 Å². The summed E-state index contributed by atoms with van der Waals surface area (Å²) in [7, 11) is 1.59. The van der Waals surface area contributed by atoms with Gasteiger partial charge in [0.15, 0.2) is 5.78 Å². The molecule has 0 aliphatic carbocycles. The molecule has 0 saturated carbocycles. The van der Waals surface area contributed by atoms with Crippen molar-refractivity contribution in [2.24, 2.45) is 12.5 Å². The summed E-state index contributed by atoms with van der Waals surface area (Å²) < 4.78 is 40.6. The smallest absolute Gasteiger partial charge is 0.315 e. The van der Waals surface area contributed by atoms with Crippen LogP contribution in [0.4, 0.5) is 13.2 Å². The van der Waals surface area contributed by atoms with Crippen molar-refractivity contribution in [3.8, 4) is 0 Å². The minimum Gasteiger partial charge on any atom is -0.315 e. The second-order valence-corrected chi connectivity index (χ2v) is 4.49. The maximum absolute atomic E-state index is 13.1. The molecule has 100 valence electrons. The Labute approximate surface area is 101 Å². The summed E-state index contributed by atoms with van der Waals surface area (Å²) in [4.78, 5) is 12.0. The second-order valence-electron chi connectivity index (χ2n) is 4.49. The Bertz CT molecular complexity index is 448. The van der Waals surface area contributed by atoms with Gasteiger partial charge in [0.05, 0.1) is 12.1 Å². The molecule has 1 saturated heterocycles. The molecule has 0 spiro atoms. The molecule has 0 bridgehead atoms. The largest absolute Gasteiger partial charge is 0.402 e. The first-order chi connectivity index (χ1) is 8.35. The van der Waals surface area contributed by atoms with Crippen LogP contribution in [0.2, 0.25) is 0 Å². The van der Waals surface area contributed by atoms with Crippen LogP contribution in [0.25, 0.3) is 0 Å². The van der Waals surface area contributed by atoms with E-state index in [9.17, 15) is 18.0 Å². The van der Waals surface area contributed by atoms with E-state index < -0.39 is 17.4 Å². The lowest BCUT2D eigenvalue weighted by molar-refractivity contribution is -0.214. The average molecular weight is 262 g/mol. The first kappa shape index (κ1) is 13.0. The number of rotatable bonds is 3. The van der Waals surface area contributed by atoms with Crippen molar-refractivity contribution in [2.75, 3.05) is 13.1 Å². The summed E-state index contributed by atoms with van der Waals surface area (Å²) in [5.74, 6) is -0.847. The monoisotopic (exact) mass is 262 g/mol. The Morgan fingerprint density at radius 2 is 2.33 bits per heavy atom. The molecule has 2 rings (SSSR count). The van der Waals surface area contributed by atoms with Gasteiger partial charge >= 0.3 is 6.18 Å². The van der Waals surface area contributed by atoms with E-state index in [0.717, 1.165) is 0 Å². The highest BCUT2D eigenvalue weighted by Crippen LogP contribution is 2.44. The summed E-state index contributed by atoms with van der Waals surface area (Å²) in [6, 6.07) is 0. The molecule has 5 nitrogen and oxygen atoms in total. The highest BCUT2D eigenvalue weighted by molar-refractivity contribution is 5.88. The fraction of sp³-hybridized carbons (Fsp3) is 0.700. The van der Waals surface area contributed by atoms with Crippen LogP contribution in [-0.2, 0) is 18.3 Å². The molecule has 1 aliphatic heterocycles. The van der Waals surface area contributed by atoms with E-state index >= 15 is 0 Å². The zero-order chi connectivity index (χ0) is 13.4. The maximum Gasteiger partial charge on any atom is 0.402 e. The highest BCUT2D eigenvalue weighted by atomic mass is 19.4. The maximum atomic E-state index is 13.1. The number of ketones is 1. The zero-order valence-electron chi connectivity index (χ0n) is 9.79. The molecule has 1 fully saturated rings. The minimum atomic E-state index is -4.53. The topological polar surface area (TPSA) is 59.8 Å². The fourth-order valence-electron chi connectivity index (χ4n) is 2.14. The highest BCUT2D eigenvalue weighted by Gasteiger charge is 2.60. The van der Waals surface area contributed by atoms with Gasteiger partial charge in [0.25, 0.3) is 0 Å². The molecule has 1 aromatic heterocycles. The molecule has 1 N–H and O–H groups in total. The summed E-state index contributed by atoms with van der Waals surface area (Å²) in [6.45, 7) is -0.151. The van der Waals surface area contributed by atoms with Crippen molar-refractivity contribution in [2.45, 2.75) is 19.0 Å². The third-order valence-electron chi connectivity index (χ3n) is 3.22. The van der Waals surface area contributed by atoms with Crippen LogP contribution in [0.1, 0.15) is 12.1 Å². The minimum absolute atomic E-state index is 0.200. The first-order valence-corrected chi connectivity index (χ1v) is 5.51. The number of aromatic nitrogens is 3. The van der Waals surface area contributed by atoms with Crippen LogP contribution < -0.4 is 5.32 Å². The van der Waals surface area contributed by atoms with E-state index in [1.807, 2.05) is 0 Å². The van der Waals surface area contributed by atoms with E-state index in [0.29, 0.717) is 0 Å². The number of alkyl halides is 3. The Morgan fingerprint density at radius 3 is 2.78 bits per heavy atom. The van der Waals surface area contributed by atoms with Crippen molar-refractivity contribution in [1.29, 1.82) is 0 Å². The molecular weight excluding hydrogens is 249 g/mol. The van der Waals surface area contributed by atoms with Gasteiger partial charge < -0.3 is 5.32 Å². The SMILES string of the molecule is Cn1cc(CC(=O)C2(C(F)(F)F)CCNC2)nn1. The lowest BCUT2D eigenvalue weighted by Crippen LogP contribution is -2.47. The Morgan fingerprint density at radius 1 is 1.61 bits per heavy atom. The summed E-state index contributed by atoms with van der Waals surface area (Å²) in [5.41, 5.74) is -2.01. The number of hydrogen-bond acceptors (Lipinski definition) is 4. The van der Waals surface area contributed by atoms with Crippen molar-refractivity contribution >= 4 is 5.78 Å². The van der Waals surface area contributed by atoms with Crippen LogP contribution in [0.3, 0.4) is 0 Å². The summed E-state index contributed by atoms with van der Waals surface area (Å²) in [5, 5.41) is 9.85. The first-order valence-electron chi connectivity index (χ1n) is 5.51. The van der Waals surface area contributed by atoms with Gasteiger partial charge in [0.1, 0.15) is 5.41 Å². The zero-order valence-corrected chi connectivity index (χ0v) is 9.79. The summed E-state index contributed by atoms with van der Waals surface area (Å²) in [6.07, 6.45) is -3.63. The number of hydrogen-bond donors (Lipinski definition) is 1. The Kier molecular flexibility index (Phi) is 3.14. The second kappa shape index (κ2) is 4.34. The number of halogens is 3. The normalized spacial score (nSPS) is 24.4. The number of nitrogens with one attached hydrogen (secondary N) is 1. The molecular formula is C10H13F3N4O. The standard InChI is InChI=1S/C10H13F3N4O/c1-17-5-7(15-16-17)4-8(18)9(10(11,12)13)2-3-14-6-9/h5,14H,2-4,6H2,1H3. The van der Waals surface area contributed by atoms with Crippen molar-refractivity contribution in [1.82, 2.24) is 20.3 Å². The van der Waals surface area contributed by atoms with Crippen LogP contribution in [0.5, 0.6) is 0 Å². The molecule has 18 heavy (non-hydrogen) atoms. The van der Waals surface area contributed by atoms with Crippen molar-refractivity contribution in [3.05, 3.63) is 11.9 Å². The molecule has 1 unspecified atom stereocenters. The van der Waals surface area contributed by atoms with E-state index in [1.54, 1.807) is 7.05 Å². The molecule has 0 amide bonds. The van der Waals surface area contributed by atoms with Gasteiger partial charge in [-0.15, -0.1) is 5.10 Å². The van der Waals surface area contributed by atoms with Gasteiger partial charge in [0.2, 0.25) is 0 Å². The molecule has 0 radical (unpaired) electrons. The van der Waals surface area contributed by atoms with Gasteiger partial charge in [-0.3, -0.25) is 9.48 Å². The van der Waals surface area contributed by atoms with Gasteiger partial charge in [-0.2, -0.15) is 13.2 Å². The molecule has 1 aromatic rings. The number of nitrogens with zero attached hydrogens (tertiary/aromatic N) is 3. The van der Waals surface area contributed by atoms with Gasteiger partial charge in [0, 0.05) is 19.8 Å². The van der Waals surface area contributed by atoms with E-state index in [2.05, 4.69) is 15.6 Å². The van der Waals surface area contributed by atoms with Crippen LogP contribution in [-0.4, -0.2) is 40.0 Å². The third kappa shape index (κ3) is 2.12. The van der Waals surface area contributed by atoms with Crippen molar-refractivity contribution < 1.29 is 18.0 Å². The molecule has 1 atom stereocenters. The van der Waals surface area contributed by atoms with Crippen LogP contribution >= 0.6 is 0 Å². The van der Waals surface area contributed by atoms with Gasteiger partial charge in [-0.25, -0.2) is 0 Å². The average Bonchev–Trinajstić information content (AvgIpc) is 2.86. The Balaban J connectivity index is 2.20. The fourth-order valence-corrected chi connectivity index (χ4v) is 2.14. The quantitative estimate of drug-likeness (QED) is 0.860. The molecule has 1 aliphatic rings. The Hall–Kier alpha value is -1.44. The number of Topliss-reactive ketones (excluding diaryl/α,β-unsaturated/α-hetero) is 1. The van der Waals surface area contributed by atoms with E-state index in [1.165, 1.54) is 10.9 Å². The third-order valence-corrected chi connectivity index (χ3v) is 3.22. The van der Waals surface area contributed by atoms with Gasteiger partial charge in [-0.1, -0.05) is 5.21 Å². The lowest BCUT2D eigenvalue weighted by Gasteiger charge is -2.28. The lowest BCUT2D eigenvalue weighted by atomic mass is 9.80. The van der Waals surface area contributed by atoms with E-state index in [4.69, 9.17) is 0 Å². The van der Waals surface area contributed by atoms with Crippen LogP contribution in [0.15, 0.2) is 6.20 Å². The van der Waals surface area contributed by atoms with Crippen molar-refractivity contribution in [3.63, 3.8) is 0 Å². The van der Waals surface area contributed by atoms with E-state index in [-0.39, 0.29) is 31.6 Å². The number of carbonyl (C=O) groups is 1. The predicted molar refractivity (Wildman–Crippen MR) is 55.7 cm³/mol. The van der Waals surface area contributed by atoms with Crippen LogP contribution in [0, 0.1) is 5.41 Å². The molecule has 0 aromatic carbocycles. The predicted octanol–water partition coefficient (Wildman–Crippen LogP) is 0.469. The number of aryl methyl sites for hydroxylation is 1. The molecule has 2 heterocycles. The summed E-state index contributed by atoms with van der Waals surface area (Å²) >= 11 is 0. The molecule has 8 heteroatoms.